The molecule has 0 spiro atoms. The highest BCUT2D eigenvalue weighted by Crippen LogP contribution is 2.02. The first kappa shape index (κ1) is 15.4. The minimum absolute atomic E-state index is 0.173. The molecule has 0 atom stereocenters. The Hall–Kier alpha value is -1.69. The quantitative estimate of drug-likeness (QED) is 0.365. The van der Waals surface area contributed by atoms with Gasteiger partial charge in [-0.2, -0.15) is 0 Å². The van der Waals surface area contributed by atoms with Crippen LogP contribution in [-0.2, 0) is 23.9 Å². The summed E-state index contributed by atoms with van der Waals surface area (Å²) in [5.74, 6) is -0.650. The molecule has 2 amide bonds. The number of ether oxygens (including phenoxy) is 2. The zero-order chi connectivity index (χ0) is 14.3. The molecule has 0 saturated carbocycles. The van der Waals surface area contributed by atoms with Gasteiger partial charge in [0.2, 0.25) is 0 Å². The van der Waals surface area contributed by atoms with Crippen molar-refractivity contribution in [2.75, 3.05) is 26.4 Å². The number of amides is 2. The lowest BCUT2D eigenvalue weighted by molar-refractivity contribution is -0.146. The molecule has 19 heavy (non-hydrogen) atoms. The van der Waals surface area contributed by atoms with Gasteiger partial charge in [-0.3, -0.25) is 19.3 Å². The van der Waals surface area contributed by atoms with Crippen molar-refractivity contribution in [3.8, 4) is 0 Å². The third-order valence-corrected chi connectivity index (χ3v) is 2.39. The van der Waals surface area contributed by atoms with E-state index in [0.717, 1.165) is 4.90 Å². The number of carbonyl (C=O) groups is 3. The molecule has 0 N–H and O–H groups in total. The van der Waals surface area contributed by atoms with Crippen LogP contribution in [0.25, 0.3) is 0 Å². The highest BCUT2D eigenvalue weighted by molar-refractivity contribution is 6.12. The lowest BCUT2D eigenvalue weighted by Gasteiger charge is -2.13. The molecule has 0 radical (unpaired) electrons. The van der Waals surface area contributed by atoms with Crippen molar-refractivity contribution in [2.24, 2.45) is 5.92 Å². The minimum atomic E-state index is -0.329. The van der Waals surface area contributed by atoms with E-state index in [2.05, 4.69) is 0 Å². The van der Waals surface area contributed by atoms with Crippen LogP contribution >= 0.6 is 0 Å². The van der Waals surface area contributed by atoms with Crippen LogP contribution in [-0.4, -0.2) is 49.0 Å². The molecular weight excluding hydrogens is 250 g/mol. The molecule has 0 aromatic rings. The van der Waals surface area contributed by atoms with Gasteiger partial charge in [-0.1, -0.05) is 13.8 Å². The Kier molecular flexibility index (Phi) is 6.21. The smallest absolute Gasteiger partial charge is 0.308 e. The second kappa shape index (κ2) is 7.68. The van der Waals surface area contributed by atoms with E-state index < -0.39 is 0 Å². The topological polar surface area (TPSA) is 72.9 Å². The van der Waals surface area contributed by atoms with Gasteiger partial charge in [0.25, 0.3) is 11.8 Å². The first-order valence-electron chi connectivity index (χ1n) is 6.27. The Morgan fingerprint density at radius 2 is 1.84 bits per heavy atom. The van der Waals surface area contributed by atoms with Gasteiger partial charge >= 0.3 is 5.97 Å². The summed E-state index contributed by atoms with van der Waals surface area (Å²) < 4.78 is 10.2. The van der Waals surface area contributed by atoms with Gasteiger partial charge < -0.3 is 9.47 Å². The van der Waals surface area contributed by atoms with Crippen molar-refractivity contribution in [1.29, 1.82) is 0 Å². The molecule has 0 bridgehead atoms. The number of hydrogen-bond acceptors (Lipinski definition) is 5. The molecule has 6 heteroatoms. The minimum Gasteiger partial charge on any atom is -0.465 e. The average molecular weight is 269 g/mol. The van der Waals surface area contributed by atoms with Crippen LogP contribution < -0.4 is 0 Å². The molecule has 0 unspecified atom stereocenters. The summed E-state index contributed by atoms with van der Waals surface area (Å²) in [5, 5.41) is 0. The van der Waals surface area contributed by atoms with Gasteiger partial charge in [0, 0.05) is 12.2 Å². The number of nitrogens with zero attached hydrogens (tertiary/aromatic N) is 1. The lowest BCUT2D eigenvalue weighted by atomic mass is 10.2. The second-order valence-corrected chi connectivity index (χ2v) is 4.60. The number of imide groups is 1. The predicted octanol–water partition coefficient (Wildman–Crippen LogP) is 0.517. The number of esters is 1. The standard InChI is InChI=1S/C13H19NO5/c1-10(2)9-19-13(17)5-7-18-8-6-14-11(15)3-4-12(14)16/h3-4,10H,5-9H2,1-2H3. The zero-order valence-corrected chi connectivity index (χ0v) is 11.3. The van der Waals surface area contributed by atoms with Gasteiger partial charge in [0.15, 0.2) is 0 Å². The third kappa shape index (κ3) is 5.65. The van der Waals surface area contributed by atoms with Gasteiger partial charge in [-0.25, -0.2) is 0 Å². The van der Waals surface area contributed by atoms with Gasteiger partial charge in [0.1, 0.15) is 0 Å². The second-order valence-electron chi connectivity index (χ2n) is 4.60. The van der Waals surface area contributed by atoms with E-state index in [1.807, 2.05) is 13.8 Å². The third-order valence-electron chi connectivity index (χ3n) is 2.39. The Labute approximate surface area is 112 Å². The van der Waals surface area contributed by atoms with Crippen LogP contribution in [0.15, 0.2) is 12.2 Å². The zero-order valence-electron chi connectivity index (χ0n) is 11.3. The van der Waals surface area contributed by atoms with E-state index in [1.165, 1.54) is 12.2 Å². The number of rotatable bonds is 8. The Balaban J connectivity index is 2.04. The highest BCUT2D eigenvalue weighted by Gasteiger charge is 2.22. The summed E-state index contributed by atoms with van der Waals surface area (Å²) in [6.45, 7) is 4.97. The predicted molar refractivity (Wildman–Crippen MR) is 67.1 cm³/mol. The molecule has 1 rings (SSSR count). The Morgan fingerprint density at radius 3 is 2.42 bits per heavy atom. The molecule has 0 aromatic carbocycles. The SMILES string of the molecule is CC(C)COC(=O)CCOCCN1C(=O)C=CC1=O. The summed E-state index contributed by atoms with van der Waals surface area (Å²) in [4.78, 5) is 34.7. The first-order valence-corrected chi connectivity index (χ1v) is 6.27. The number of carbonyl (C=O) groups excluding carboxylic acids is 3. The maximum Gasteiger partial charge on any atom is 0.308 e. The number of hydrogen-bond donors (Lipinski definition) is 0. The van der Waals surface area contributed by atoms with Gasteiger partial charge in [-0.05, 0) is 5.92 Å². The van der Waals surface area contributed by atoms with E-state index in [1.54, 1.807) is 0 Å². The van der Waals surface area contributed by atoms with E-state index >= 15 is 0 Å². The largest absolute Gasteiger partial charge is 0.465 e. The van der Waals surface area contributed by atoms with Crippen LogP contribution in [0.3, 0.4) is 0 Å². The fourth-order valence-corrected chi connectivity index (χ4v) is 1.40. The van der Waals surface area contributed by atoms with E-state index in [0.29, 0.717) is 12.5 Å². The molecular formula is C13H19NO5. The van der Waals surface area contributed by atoms with Crippen molar-refractivity contribution < 1.29 is 23.9 Å². The summed E-state index contributed by atoms with van der Waals surface area (Å²) >= 11 is 0. The molecule has 1 aliphatic rings. The van der Waals surface area contributed by atoms with Crippen molar-refractivity contribution in [3.63, 3.8) is 0 Å². The van der Waals surface area contributed by atoms with E-state index in [-0.39, 0.29) is 44.0 Å². The fraction of sp³-hybridized carbons (Fsp3) is 0.615. The van der Waals surface area contributed by atoms with Crippen LogP contribution in [0.2, 0.25) is 0 Å². The Morgan fingerprint density at radius 1 is 1.21 bits per heavy atom. The molecule has 6 nitrogen and oxygen atoms in total. The average Bonchev–Trinajstić information content (AvgIpc) is 2.67. The summed E-state index contributed by atoms with van der Waals surface area (Å²) in [7, 11) is 0. The summed E-state index contributed by atoms with van der Waals surface area (Å²) in [6.07, 6.45) is 2.63. The van der Waals surface area contributed by atoms with Crippen molar-refractivity contribution in [2.45, 2.75) is 20.3 Å². The molecule has 1 aliphatic heterocycles. The molecule has 0 aromatic heterocycles. The van der Waals surface area contributed by atoms with Crippen LogP contribution in [0, 0.1) is 5.92 Å². The van der Waals surface area contributed by atoms with E-state index in [9.17, 15) is 14.4 Å². The molecule has 0 saturated heterocycles. The van der Waals surface area contributed by atoms with Crippen molar-refractivity contribution >= 4 is 17.8 Å². The maximum absolute atomic E-state index is 11.2. The van der Waals surface area contributed by atoms with Crippen molar-refractivity contribution in [3.05, 3.63) is 12.2 Å². The molecule has 106 valence electrons. The van der Waals surface area contributed by atoms with Crippen molar-refractivity contribution in [1.82, 2.24) is 4.90 Å². The fourth-order valence-electron chi connectivity index (χ4n) is 1.40. The molecule has 1 heterocycles. The lowest BCUT2D eigenvalue weighted by Crippen LogP contribution is -2.33. The summed E-state index contributed by atoms with van der Waals surface area (Å²) in [6, 6.07) is 0. The normalized spacial score (nSPS) is 14.6. The summed E-state index contributed by atoms with van der Waals surface area (Å²) in [5.41, 5.74) is 0. The van der Waals surface area contributed by atoms with Crippen LogP contribution in [0.4, 0.5) is 0 Å². The van der Waals surface area contributed by atoms with Crippen LogP contribution in [0.5, 0.6) is 0 Å². The first-order chi connectivity index (χ1) is 9.00. The maximum atomic E-state index is 11.2. The monoisotopic (exact) mass is 269 g/mol. The van der Waals surface area contributed by atoms with E-state index in [4.69, 9.17) is 9.47 Å². The molecule has 0 aliphatic carbocycles. The molecule has 0 fully saturated rings. The highest BCUT2D eigenvalue weighted by atomic mass is 16.5. The van der Waals surface area contributed by atoms with Gasteiger partial charge in [0.05, 0.1) is 32.8 Å². The Bertz CT molecular complexity index is 357. The van der Waals surface area contributed by atoms with Crippen LogP contribution in [0.1, 0.15) is 20.3 Å². The van der Waals surface area contributed by atoms with Gasteiger partial charge in [-0.15, -0.1) is 0 Å².